The van der Waals surface area contributed by atoms with Crippen LogP contribution in [-0.4, -0.2) is 13.4 Å². The topological polar surface area (TPSA) is 35.5 Å². The lowest BCUT2D eigenvalue weighted by Gasteiger charge is -2.10. The summed E-state index contributed by atoms with van der Waals surface area (Å²) >= 11 is 9.25. The zero-order valence-electron chi connectivity index (χ0n) is 10.7. The fourth-order valence-electron chi connectivity index (χ4n) is 1.70. The summed E-state index contributed by atoms with van der Waals surface area (Å²) < 4.78 is 11.7. The lowest BCUT2D eigenvalue weighted by atomic mass is 10.2. The highest BCUT2D eigenvalue weighted by Gasteiger charge is 2.06. The predicted molar refractivity (Wildman–Crippen MR) is 81.9 cm³/mol. The number of methoxy groups -OCH3 is 1. The molecule has 0 aliphatic carbocycles. The van der Waals surface area contributed by atoms with Gasteiger partial charge in [-0.15, -0.1) is 0 Å². The van der Waals surface area contributed by atoms with Crippen molar-refractivity contribution in [3.8, 4) is 11.5 Å². The Hall–Kier alpha value is -1.52. The van der Waals surface area contributed by atoms with Gasteiger partial charge >= 0.3 is 0 Å². The Labute approximate surface area is 130 Å². The van der Waals surface area contributed by atoms with Gasteiger partial charge in [-0.25, -0.2) is 0 Å². The maximum atomic E-state index is 11.0. The lowest BCUT2D eigenvalue weighted by Crippen LogP contribution is -1.98. The van der Waals surface area contributed by atoms with Crippen LogP contribution in [0.4, 0.5) is 0 Å². The minimum absolute atomic E-state index is 0.352. The molecule has 3 nitrogen and oxygen atoms in total. The number of ether oxygens (including phenoxy) is 2. The minimum Gasteiger partial charge on any atom is -0.496 e. The summed E-state index contributed by atoms with van der Waals surface area (Å²) in [6.45, 7) is 0.352. The third kappa shape index (κ3) is 3.52. The molecular formula is C15H12BrClO3. The van der Waals surface area contributed by atoms with Crippen LogP contribution in [0.5, 0.6) is 11.5 Å². The van der Waals surface area contributed by atoms with Crippen LogP contribution in [0.1, 0.15) is 15.9 Å². The number of hydrogen-bond donors (Lipinski definition) is 0. The third-order valence-electron chi connectivity index (χ3n) is 2.71. The van der Waals surface area contributed by atoms with Gasteiger partial charge in [0.25, 0.3) is 0 Å². The maximum absolute atomic E-state index is 11.0. The number of carbonyl (C=O) groups is 1. The predicted octanol–water partition coefficient (Wildman–Crippen LogP) is 4.50. The zero-order valence-corrected chi connectivity index (χ0v) is 13.1. The molecule has 0 bridgehead atoms. The average Bonchev–Trinajstić information content (AvgIpc) is 2.46. The van der Waals surface area contributed by atoms with Crippen molar-refractivity contribution in [3.63, 3.8) is 0 Å². The van der Waals surface area contributed by atoms with E-state index in [4.69, 9.17) is 21.1 Å². The summed E-state index contributed by atoms with van der Waals surface area (Å²) in [5.74, 6) is 1.27. The molecule has 0 heterocycles. The van der Waals surface area contributed by atoms with E-state index in [9.17, 15) is 4.79 Å². The number of aldehydes is 1. The number of carbonyl (C=O) groups excluding carboxylic acids is 1. The highest BCUT2D eigenvalue weighted by molar-refractivity contribution is 9.10. The highest BCUT2D eigenvalue weighted by Crippen LogP contribution is 2.27. The standard InChI is InChI=1S/C15H12BrClO3/c1-19-15-4-2-10(6-13(15)16)9-20-14-5-3-12(17)7-11(14)8-18/h2-8H,9H2,1H3. The van der Waals surface area contributed by atoms with Crippen LogP contribution in [0.2, 0.25) is 5.02 Å². The Kier molecular flexibility index (Phi) is 5.04. The van der Waals surface area contributed by atoms with E-state index in [-0.39, 0.29) is 0 Å². The normalized spacial score (nSPS) is 10.2. The molecule has 0 saturated heterocycles. The van der Waals surface area contributed by atoms with Crippen LogP contribution in [0.15, 0.2) is 40.9 Å². The van der Waals surface area contributed by atoms with Gasteiger partial charge in [0.2, 0.25) is 0 Å². The van der Waals surface area contributed by atoms with Crippen molar-refractivity contribution in [2.75, 3.05) is 7.11 Å². The smallest absolute Gasteiger partial charge is 0.153 e. The van der Waals surface area contributed by atoms with Crippen molar-refractivity contribution < 1.29 is 14.3 Å². The van der Waals surface area contributed by atoms with E-state index in [2.05, 4.69) is 15.9 Å². The van der Waals surface area contributed by atoms with Gasteiger partial charge in [-0.2, -0.15) is 0 Å². The summed E-state index contributed by atoms with van der Waals surface area (Å²) in [5, 5.41) is 0.506. The largest absolute Gasteiger partial charge is 0.496 e. The molecule has 0 radical (unpaired) electrons. The maximum Gasteiger partial charge on any atom is 0.153 e. The van der Waals surface area contributed by atoms with Gasteiger partial charge in [-0.05, 0) is 51.8 Å². The van der Waals surface area contributed by atoms with Crippen LogP contribution < -0.4 is 9.47 Å². The van der Waals surface area contributed by atoms with Gasteiger partial charge in [0.15, 0.2) is 6.29 Å². The second-order valence-electron chi connectivity index (χ2n) is 4.06. The molecular weight excluding hydrogens is 344 g/mol. The van der Waals surface area contributed by atoms with Gasteiger partial charge in [0.05, 0.1) is 17.1 Å². The number of rotatable bonds is 5. The molecule has 0 aromatic heterocycles. The number of hydrogen-bond acceptors (Lipinski definition) is 3. The van der Waals surface area contributed by atoms with Gasteiger partial charge < -0.3 is 9.47 Å². The molecule has 104 valence electrons. The van der Waals surface area contributed by atoms with Gasteiger partial charge in [0, 0.05) is 5.02 Å². The van der Waals surface area contributed by atoms with E-state index in [0.29, 0.717) is 22.9 Å². The fourth-order valence-corrected chi connectivity index (χ4v) is 2.47. The van der Waals surface area contributed by atoms with E-state index in [0.717, 1.165) is 22.1 Å². The summed E-state index contributed by atoms with van der Waals surface area (Å²) in [6.07, 6.45) is 0.727. The third-order valence-corrected chi connectivity index (χ3v) is 3.56. The average molecular weight is 356 g/mol. The van der Waals surface area contributed by atoms with Crippen molar-refractivity contribution in [3.05, 3.63) is 57.0 Å². The second-order valence-corrected chi connectivity index (χ2v) is 5.35. The lowest BCUT2D eigenvalue weighted by molar-refractivity contribution is 0.111. The Bertz CT molecular complexity index is 629. The minimum atomic E-state index is 0.352. The van der Waals surface area contributed by atoms with E-state index < -0.39 is 0 Å². The zero-order chi connectivity index (χ0) is 14.5. The molecule has 0 saturated carbocycles. The molecule has 0 aliphatic heterocycles. The Morgan fingerprint density at radius 3 is 2.60 bits per heavy atom. The van der Waals surface area contributed by atoms with Crippen LogP contribution in [0.25, 0.3) is 0 Å². The van der Waals surface area contributed by atoms with Gasteiger partial charge in [-0.1, -0.05) is 17.7 Å². The molecule has 2 aromatic carbocycles. The van der Waals surface area contributed by atoms with E-state index in [1.165, 1.54) is 0 Å². The fraction of sp³-hybridized carbons (Fsp3) is 0.133. The second kappa shape index (κ2) is 6.77. The monoisotopic (exact) mass is 354 g/mol. The van der Waals surface area contributed by atoms with Gasteiger partial charge in [-0.3, -0.25) is 4.79 Å². The molecule has 5 heteroatoms. The van der Waals surface area contributed by atoms with E-state index in [1.807, 2.05) is 18.2 Å². The number of halogens is 2. The molecule has 0 amide bonds. The van der Waals surface area contributed by atoms with E-state index >= 15 is 0 Å². The Morgan fingerprint density at radius 2 is 1.95 bits per heavy atom. The summed E-state index contributed by atoms with van der Waals surface area (Å²) in [4.78, 5) is 11.0. The van der Waals surface area contributed by atoms with E-state index in [1.54, 1.807) is 25.3 Å². The van der Waals surface area contributed by atoms with Crippen LogP contribution >= 0.6 is 27.5 Å². The first-order valence-electron chi connectivity index (χ1n) is 5.84. The molecule has 2 aromatic rings. The molecule has 0 unspecified atom stereocenters. The molecule has 0 spiro atoms. The molecule has 0 atom stereocenters. The van der Waals surface area contributed by atoms with Crippen molar-refractivity contribution >= 4 is 33.8 Å². The molecule has 0 N–H and O–H groups in total. The first-order valence-corrected chi connectivity index (χ1v) is 7.01. The molecule has 0 fully saturated rings. The highest BCUT2D eigenvalue weighted by atomic mass is 79.9. The summed E-state index contributed by atoms with van der Waals surface area (Å²) in [5.41, 5.74) is 1.40. The van der Waals surface area contributed by atoms with Crippen LogP contribution in [0.3, 0.4) is 0 Å². The van der Waals surface area contributed by atoms with Crippen LogP contribution in [0, 0.1) is 0 Å². The SMILES string of the molecule is COc1ccc(COc2ccc(Cl)cc2C=O)cc1Br. The number of benzene rings is 2. The molecule has 20 heavy (non-hydrogen) atoms. The Morgan fingerprint density at radius 1 is 1.20 bits per heavy atom. The summed E-state index contributed by atoms with van der Waals surface area (Å²) in [6, 6.07) is 10.6. The summed E-state index contributed by atoms with van der Waals surface area (Å²) in [7, 11) is 1.61. The first-order chi connectivity index (χ1) is 9.63. The quantitative estimate of drug-likeness (QED) is 0.741. The van der Waals surface area contributed by atoms with Crippen molar-refractivity contribution in [2.24, 2.45) is 0 Å². The van der Waals surface area contributed by atoms with Gasteiger partial charge in [0.1, 0.15) is 18.1 Å². The Balaban J connectivity index is 2.12. The molecule has 2 rings (SSSR count). The van der Waals surface area contributed by atoms with Crippen LogP contribution in [-0.2, 0) is 6.61 Å². The van der Waals surface area contributed by atoms with Crippen molar-refractivity contribution in [1.82, 2.24) is 0 Å². The first kappa shape index (κ1) is 14.9. The van der Waals surface area contributed by atoms with Crippen molar-refractivity contribution in [2.45, 2.75) is 6.61 Å². The van der Waals surface area contributed by atoms with Crippen molar-refractivity contribution in [1.29, 1.82) is 0 Å². The molecule has 0 aliphatic rings.